The van der Waals surface area contributed by atoms with Crippen LogP contribution >= 0.6 is 23.4 Å². The number of aromatic amines is 1. The van der Waals surface area contributed by atoms with Crippen LogP contribution in [0.25, 0.3) is 0 Å². The molecule has 0 spiro atoms. The number of hydrogen-bond acceptors (Lipinski definition) is 7. The summed E-state index contributed by atoms with van der Waals surface area (Å²) in [7, 11) is 0. The van der Waals surface area contributed by atoms with Gasteiger partial charge in [-0.05, 0) is 30.7 Å². The van der Waals surface area contributed by atoms with Crippen LogP contribution in [0.4, 0.5) is 0 Å². The number of thioether (sulfide) groups is 1. The summed E-state index contributed by atoms with van der Waals surface area (Å²) in [6, 6.07) is 5.51. The van der Waals surface area contributed by atoms with Gasteiger partial charge in [-0.2, -0.15) is 0 Å². The fourth-order valence-corrected chi connectivity index (χ4v) is 2.56. The third-order valence-electron chi connectivity index (χ3n) is 2.91. The Hall–Kier alpha value is -2.06. The highest BCUT2D eigenvalue weighted by molar-refractivity contribution is 7.98. The molecule has 1 N–H and O–H groups in total. The number of benzene rings is 1. The van der Waals surface area contributed by atoms with Crippen LogP contribution in [0.15, 0.2) is 27.8 Å². The zero-order chi connectivity index (χ0) is 16.2. The van der Waals surface area contributed by atoms with E-state index in [1.807, 2.05) is 19.1 Å². The fraction of sp³-hybridized carbons (Fsp3) is 0.286. The zero-order valence-corrected chi connectivity index (χ0v) is 14.1. The molecule has 0 radical (unpaired) electrons. The van der Waals surface area contributed by atoms with Gasteiger partial charge in [0.2, 0.25) is 16.9 Å². The summed E-state index contributed by atoms with van der Waals surface area (Å²) in [5.74, 6) is 2.99. The Labute approximate surface area is 141 Å². The van der Waals surface area contributed by atoms with E-state index in [1.165, 1.54) is 11.8 Å². The lowest BCUT2D eigenvalue weighted by atomic mass is 10.2. The molecule has 120 valence electrons. The Morgan fingerprint density at radius 1 is 1.30 bits per heavy atom. The Bertz CT molecular complexity index is 804. The highest BCUT2D eigenvalue weighted by Gasteiger charge is 2.08. The van der Waals surface area contributed by atoms with Gasteiger partial charge >= 0.3 is 0 Å². The van der Waals surface area contributed by atoms with Gasteiger partial charge in [0, 0.05) is 11.9 Å². The van der Waals surface area contributed by atoms with Crippen molar-refractivity contribution in [3.8, 4) is 5.75 Å². The fourth-order valence-electron chi connectivity index (χ4n) is 1.79. The standard InChI is InChI=1S/C14H14ClN5O2S/c1-8-5-10(3-4-11(8)15)21-6-12-16-14(20-18-12)23-7-13-19-17-9(2)22-13/h3-5H,6-7H2,1-2H3,(H,16,18,20). The minimum absolute atomic E-state index is 0.300. The number of halogens is 1. The predicted octanol–water partition coefficient (Wildman–Crippen LogP) is 3.33. The van der Waals surface area contributed by atoms with E-state index >= 15 is 0 Å². The minimum atomic E-state index is 0.300. The third kappa shape index (κ3) is 4.23. The van der Waals surface area contributed by atoms with Crippen molar-refractivity contribution in [1.29, 1.82) is 0 Å². The lowest BCUT2D eigenvalue weighted by Gasteiger charge is -2.05. The highest BCUT2D eigenvalue weighted by atomic mass is 35.5. The molecule has 0 unspecified atom stereocenters. The molecule has 2 aromatic heterocycles. The third-order valence-corrected chi connectivity index (χ3v) is 4.16. The van der Waals surface area contributed by atoms with Crippen molar-refractivity contribution >= 4 is 23.4 Å². The van der Waals surface area contributed by atoms with Crippen LogP contribution < -0.4 is 4.74 Å². The monoisotopic (exact) mass is 351 g/mol. The molecule has 0 atom stereocenters. The second-order valence-electron chi connectivity index (χ2n) is 4.77. The van der Waals surface area contributed by atoms with E-state index in [4.69, 9.17) is 20.8 Å². The summed E-state index contributed by atoms with van der Waals surface area (Å²) in [4.78, 5) is 4.34. The van der Waals surface area contributed by atoms with Crippen LogP contribution in [0, 0.1) is 13.8 Å². The Balaban J connectivity index is 1.53. The smallest absolute Gasteiger partial charge is 0.226 e. The van der Waals surface area contributed by atoms with E-state index in [9.17, 15) is 0 Å². The number of ether oxygens (including phenoxy) is 1. The average Bonchev–Trinajstić information content (AvgIpc) is 3.15. The first-order chi connectivity index (χ1) is 11.1. The maximum Gasteiger partial charge on any atom is 0.226 e. The number of nitrogens with one attached hydrogen (secondary N) is 1. The molecule has 0 aliphatic heterocycles. The van der Waals surface area contributed by atoms with E-state index in [0.29, 0.717) is 40.1 Å². The molecule has 23 heavy (non-hydrogen) atoms. The molecule has 3 aromatic rings. The lowest BCUT2D eigenvalue weighted by Crippen LogP contribution is -1.98. The molecule has 0 saturated carbocycles. The zero-order valence-electron chi connectivity index (χ0n) is 12.5. The van der Waals surface area contributed by atoms with Gasteiger partial charge in [-0.3, -0.25) is 5.10 Å². The Kier molecular flexibility index (Phi) is 4.82. The average molecular weight is 352 g/mol. The summed E-state index contributed by atoms with van der Waals surface area (Å²) in [5, 5.41) is 16.0. The Morgan fingerprint density at radius 2 is 2.17 bits per heavy atom. The number of rotatable bonds is 6. The number of hydrogen-bond donors (Lipinski definition) is 1. The van der Waals surface area contributed by atoms with Crippen LogP contribution in [-0.2, 0) is 12.4 Å². The summed E-state index contributed by atoms with van der Waals surface area (Å²) < 4.78 is 11.0. The maximum absolute atomic E-state index is 5.98. The number of H-pyrrole nitrogens is 1. The van der Waals surface area contributed by atoms with Crippen molar-refractivity contribution in [2.75, 3.05) is 0 Å². The molecule has 0 fully saturated rings. The molecule has 9 heteroatoms. The number of aryl methyl sites for hydroxylation is 2. The molecular weight excluding hydrogens is 338 g/mol. The Morgan fingerprint density at radius 3 is 2.91 bits per heavy atom. The highest BCUT2D eigenvalue weighted by Crippen LogP contribution is 2.22. The minimum Gasteiger partial charge on any atom is -0.486 e. The van der Waals surface area contributed by atoms with Gasteiger partial charge in [-0.15, -0.1) is 15.3 Å². The van der Waals surface area contributed by atoms with Crippen LogP contribution in [0.3, 0.4) is 0 Å². The predicted molar refractivity (Wildman–Crippen MR) is 85.5 cm³/mol. The van der Waals surface area contributed by atoms with Gasteiger partial charge < -0.3 is 9.15 Å². The summed E-state index contributed by atoms with van der Waals surface area (Å²) in [6.07, 6.45) is 0. The van der Waals surface area contributed by atoms with Gasteiger partial charge in [0.25, 0.3) is 0 Å². The molecule has 1 aromatic carbocycles. The van der Waals surface area contributed by atoms with Crippen molar-refractivity contribution in [3.05, 3.63) is 46.4 Å². The van der Waals surface area contributed by atoms with Crippen LogP contribution in [0.2, 0.25) is 5.02 Å². The van der Waals surface area contributed by atoms with Crippen molar-refractivity contribution in [2.45, 2.75) is 31.4 Å². The van der Waals surface area contributed by atoms with E-state index in [0.717, 1.165) is 11.3 Å². The number of nitrogens with zero attached hydrogens (tertiary/aromatic N) is 4. The normalized spacial score (nSPS) is 10.9. The molecule has 0 bridgehead atoms. The van der Waals surface area contributed by atoms with Crippen molar-refractivity contribution in [2.24, 2.45) is 0 Å². The molecule has 3 rings (SSSR count). The van der Waals surface area contributed by atoms with Gasteiger partial charge in [-0.25, -0.2) is 4.98 Å². The first kappa shape index (κ1) is 15.8. The first-order valence-corrected chi connectivity index (χ1v) is 8.18. The van der Waals surface area contributed by atoms with Crippen LogP contribution in [-0.4, -0.2) is 25.4 Å². The van der Waals surface area contributed by atoms with E-state index in [2.05, 4.69) is 25.4 Å². The van der Waals surface area contributed by atoms with E-state index in [1.54, 1.807) is 13.0 Å². The maximum atomic E-state index is 5.98. The molecule has 0 amide bonds. The molecule has 0 aliphatic rings. The molecule has 0 aliphatic carbocycles. The topological polar surface area (TPSA) is 89.7 Å². The largest absolute Gasteiger partial charge is 0.486 e. The SMILES string of the molecule is Cc1nnc(CSc2n[nH]c(COc3ccc(Cl)c(C)c3)n2)o1. The van der Waals surface area contributed by atoms with Crippen molar-refractivity contribution in [1.82, 2.24) is 25.4 Å². The molecule has 0 saturated heterocycles. The van der Waals surface area contributed by atoms with E-state index in [-0.39, 0.29) is 0 Å². The van der Waals surface area contributed by atoms with Gasteiger partial charge in [0.15, 0.2) is 5.82 Å². The van der Waals surface area contributed by atoms with Crippen LogP contribution in [0.5, 0.6) is 5.75 Å². The quantitative estimate of drug-likeness (QED) is 0.681. The van der Waals surface area contributed by atoms with Gasteiger partial charge in [0.05, 0.1) is 5.75 Å². The van der Waals surface area contributed by atoms with Gasteiger partial charge in [-0.1, -0.05) is 23.4 Å². The lowest BCUT2D eigenvalue weighted by molar-refractivity contribution is 0.296. The second-order valence-corrected chi connectivity index (χ2v) is 6.12. The number of aromatic nitrogens is 5. The molecule has 2 heterocycles. The summed E-state index contributed by atoms with van der Waals surface area (Å²) in [6.45, 7) is 3.98. The summed E-state index contributed by atoms with van der Waals surface area (Å²) >= 11 is 7.39. The van der Waals surface area contributed by atoms with Crippen molar-refractivity contribution in [3.63, 3.8) is 0 Å². The summed E-state index contributed by atoms with van der Waals surface area (Å²) in [5.41, 5.74) is 0.966. The van der Waals surface area contributed by atoms with Gasteiger partial charge in [0.1, 0.15) is 12.4 Å². The molecular formula is C14H14ClN5O2S. The first-order valence-electron chi connectivity index (χ1n) is 6.82. The van der Waals surface area contributed by atoms with Crippen molar-refractivity contribution < 1.29 is 9.15 Å². The second kappa shape index (κ2) is 7.01. The van der Waals surface area contributed by atoms with E-state index < -0.39 is 0 Å². The molecule has 7 nitrogen and oxygen atoms in total. The van der Waals surface area contributed by atoms with Crippen LogP contribution in [0.1, 0.15) is 23.2 Å².